The number of nitrogens with zero attached hydrogens (tertiary/aromatic N) is 2. The number of thioether (sulfide) groups is 1. The van der Waals surface area contributed by atoms with E-state index in [2.05, 4.69) is 20.8 Å². The first-order valence-electron chi connectivity index (χ1n) is 7.53. The normalized spacial score (nSPS) is 10.6. The Morgan fingerprint density at radius 3 is 2.78 bits per heavy atom. The van der Waals surface area contributed by atoms with Gasteiger partial charge >= 0.3 is 0 Å². The van der Waals surface area contributed by atoms with Gasteiger partial charge in [-0.15, -0.1) is 21.5 Å². The molecule has 2 N–H and O–H groups in total. The van der Waals surface area contributed by atoms with Crippen molar-refractivity contribution in [1.29, 1.82) is 0 Å². The van der Waals surface area contributed by atoms with Crippen LogP contribution in [0.1, 0.15) is 15.2 Å². The van der Waals surface area contributed by atoms with Crippen LogP contribution in [0.4, 0.5) is 13.9 Å². The molecule has 0 saturated heterocycles. The minimum absolute atomic E-state index is 0.302. The summed E-state index contributed by atoms with van der Waals surface area (Å²) < 4.78 is 27.1. The Bertz CT molecular complexity index is 947. The standard InChI is InChI=1S/C16H12F2N4O2S3/c17-9-3-4-11(12(18)6-9)14(24)19-7-13(23)20-15-21-22-16(27-15)26-8-10-2-1-5-25-10/h1-6H,7-8H2,(H,19,24)(H,20,21,23). The number of amides is 2. The molecule has 0 unspecified atom stereocenters. The number of carbonyl (C=O) groups excluding carboxylic acids is 2. The molecule has 140 valence electrons. The van der Waals surface area contributed by atoms with Gasteiger partial charge < -0.3 is 5.32 Å². The molecule has 0 aliphatic heterocycles. The van der Waals surface area contributed by atoms with E-state index in [9.17, 15) is 18.4 Å². The highest BCUT2D eigenvalue weighted by Crippen LogP contribution is 2.29. The van der Waals surface area contributed by atoms with E-state index in [0.717, 1.165) is 17.9 Å². The average molecular weight is 426 g/mol. The zero-order valence-electron chi connectivity index (χ0n) is 13.6. The molecule has 3 aromatic rings. The van der Waals surface area contributed by atoms with Gasteiger partial charge in [0.1, 0.15) is 11.6 Å². The lowest BCUT2D eigenvalue weighted by Gasteiger charge is -2.05. The van der Waals surface area contributed by atoms with Gasteiger partial charge in [0, 0.05) is 16.7 Å². The lowest BCUT2D eigenvalue weighted by atomic mass is 10.2. The van der Waals surface area contributed by atoms with Gasteiger partial charge in [0.15, 0.2) is 4.34 Å². The second-order valence-electron chi connectivity index (χ2n) is 5.10. The highest BCUT2D eigenvalue weighted by molar-refractivity contribution is 8.00. The van der Waals surface area contributed by atoms with Gasteiger partial charge in [0.2, 0.25) is 11.0 Å². The van der Waals surface area contributed by atoms with E-state index in [-0.39, 0.29) is 12.1 Å². The number of benzene rings is 1. The van der Waals surface area contributed by atoms with Crippen molar-refractivity contribution < 1.29 is 18.4 Å². The fourth-order valence-corrected chi connectivity index (χ4v) is 4.48. The van der Waals surface area contributed by atoms with Crippen LogP contribution in [-0.4, -0.2) is 28.6 Å². The number of rotatable bonds is 7. The zero-order chi connectivity index (χ0) is 19.2. The van der Waals surface area contributed by atoms with E-state index in [4.69, 9.17) is 0 Å². The third kappa shape index (κ3) is 5.55. The van der Waals surface area contributed by atoms with Crippen molar-refractivity contribution in [1.82, 2.24) is 15.5 Å². The van der Waals surface area contributed by atoms with Gasteiger partial charge in [-0.25, -0.2) is 8.78 Å². The van der Waals surface area contributed by atoms with Gasteiger partial charge in [-0.05, 0) is 23.6 Å². The smallest absolute Gasteiger partial charge is 0.254 e. The molecule has 0 saturated carbocycles. The van der Waals surface area contributed by atoms with Gasteiger partial charge in [0.05, 0.1) is 12.1 Å². The molecule has 2 heterocycles. The van der Waals surface area contributed by atoms with E-state index in [1.807, 2.05) is 17.5 Å². The maximum atomic E-state index is 13.5. The Balaban J connectivity index is 1.47. The molecule has 0 aliphatic rings. The monoisotopic (exact) mass is 426 g/mol. The summed E-state index contributed by atoms with van der Waals surface area (Å²) in [4.78, 5) is 25.0. The molecule has 0 fully saturated rings. The summed E-state index contributed by atoms with van der Waals surface area (Å²) in [5, 5.41) is 14.9. The molecular weight excluding hydrogens is 414 g/mol. The second-order valence-corrected chi connectivity index (χ2v) is 8.33. The van der Waals surface area contributed by atoms with Crippen LogP contribution in [-0.2, 0) is 10.5 Å². The number of hydrogen-bond acceptors (Lipinski definition) is 7. The van der Waals surface area contributed by atoms with E-state index < -0.39 is 23.4 Å². The van der Waals surface area contributed by atoms with Crippen molar-refractivity contribution in [3.8, 4) is 0 Å². The summed E-state index contributed by atoms with van der Waals surface area (Å²) in [6.07, 6.45) is 0. The van der Waals surface area contributed by atoms with Gasteiger partial charge in [-0.3, -0.25) is 14.9 Å². The fourth-order valence-electron chi connectivity index (χ4n) is 1.94. The summed E-state index contributed by atoms with van der Waals surface area (Å²) in [5.74, 6) is -2.36. The van der Waals surface area contributed by atoms with Crippen molar-refractivity contribution in [2.75, 3.05) is 11.9 Å². The number of anilines is 1. The summed E-state index contributed by atoms with van der Waals surface area (Å²) >= 11 is 4.37. The minimum Gasteiger partial charge on any atom is -0.343 e. The number of thiophene rings is 1. The van der Waals surface area contributed by atoms with Gasteiger partial charge in [-0.1, -0.05) is 29.2 Å². The van der Waals surface area contributed by atoms with Crippen LogP contribution < -0.4 is 10.6 Å². The summed E-state index contributed by atoms with van der Waals surface area (Å²) in [6, 6.07) is 6.58. The molecule has 3 rings (SSSR count). The number of halogens is 2. The Kier molecular flexibility index (Phi) is 6.48. The first-order valence-corrected chi connectivity index (χ1v) is 10.2. The highest BCUT2D eigenvalue weighted by atomic mass is 32.2. The molecule has 0 bridgehead atoms. The molecule has 0 atom stereocenters. The number of nitrogens with one attached hydrogen (secondary N) is 2. The van der Waals surface area contributed by atoms with Crippen LogP contribution >= 0.6 is 34.4 Å². The van der Waals surface area contributed by atoms with Crippen molar-refractivity contribution in [2.24, 2.45) is 0 Å². The molecule has 11 heteroatoms. The number of aromatic nitrogens is 2. The average Bonchev–Trinajstić information content (AvgIpc) is 3.29. The molecule has 1 aromatic carbocycles. The first kappa shape index (κ1) is 19.4. The van der Waals surface area contributed by atoms with Gasteiger partial charge in [-0.2, -0.15) is 0 Å². The van der Waals surface area contributed by atoms with Crippen LogP contribution in [0.15, 0.2) is 40.1 Å². The van der Waals surface area contributed by atoms with Crippen LogP contribution in [0.3, 0.4) is 0 Å². The third-order valence-electron chi connectivity index (χ3n) is 3.16. The van der Waals surface area contributed by atoms with Crippen LogP contribution in [0.5, 0.6) is 0 Å². The molecule has 27 heavy (non-hydrogen) atoms. The Hall–Kier alpha value is -2.37. The third-order valence-corrected chi connectivity index (χ3v) is 6.24. The quantitative estimate of drug-likeness (QED) is 0.446. The number of carbonyl (C=O) groups is 2. The topological polar surface area (TPSA) is 84.0 Å². The minimum atomic E-state index is -0.996. The Labute approximate surface area is 165 Å². The maximum absolute atomic E-state index is 13.5. The van der Waals surface area contributed by atoms with Crippen molar-refractivity contribution >= 4 is 51.4 Å². The molecule has 2 aromatic heterocycles. The lowest BCUT2D eigenvalue weighted by Crippen LogP contribution is -2.33. The second kappa shape index (κ2) is 9.02. The molecule has 2 amide bonds. The predicted octanol–water partition coefficient (Wildman–Crippen LogP) is 3.54. The van der Waals surface area contributed by atoms with Gasteiger partial charge in [0.25, 0.3) is 5.91 Å². The van der Waals surface area contributed by atoms with Crippen molar-refractivity contribution in [3.05, 3.63) is 57.8 Å². The lowest BCUT2D eigenvalue weighted by molar-refractivity contribution is -0.115. The van der Waals surface area contributed by atoms with Crippen LogP contribution in [0, 0.1) is 11.6 Å². The molecule has 0 radical (unpaired) electrons. The van der Waals surface area contributed by atoms with E-state index in [0.29, 0.717) is 15.5 Å². The Morgan fingerprint density at radius 1 is 1.19 bits per heavy atom. The fraction of sp³-hybridized carbons (Fsp3) is 0.125. The Morgan fingerprint density at radius 2 is 2.04 bits per heavy atom. The first-order chi connectivity index (χ1) is 13.0. The molecule has 0 spiro atoms. The van der Waals surface area contributed by atoms with Crippen molar-refractivity contribution in [2.45, 2.75) is 10.1 Å². The zero-order valence-corrected chi connectivity index (χ0v) is 16.0. The highest BCUT2D eigenvalue weighted by Gasteiger charge is 2.14. The summed E-state index contributed by atoms with van der Waals surface area (Å²) in [7, 11) is 0. The SMILES string of the molecule is O=C(CNC(=O)c1ccc(F)cc1F)Nc1nnc(SCc2cccs2)s1. The summed E-state index contributed by atoms with van der Waals surface area (Å²) in [5.41, 5.74) is -0.340. The molecular formula is C16H12F2N4O2S3. The molecule has 0 aliphatic carbocycles. The largest absolute Gasteiger partial charge is 0.343 e. The number of hydrogen-bond donors (Lipinski definition) is 2. The van der Waals surface area contributed by atoms with E-state index in [1.165, 1.54) is 28.0 Å². The van der Waals surface area contributed by atoms with Crippen LogP contribution in [0.25, 0.3) is 0 Å². The van der Waals surface area contributed by atoms with Crippen molar-refractivity contribution in [3.63, 3.8) is 0 Å². The van der Waals surface area contributed by atoms with Crippen LogP contribution in [0.2, 0.25) is 0 Å². The maximum Gasteiger partial charge on any atom is 0.254 e. The predicted molar refractivity (Wildman–Crippen MR) is 101 cm³/mol. The molecule has 6 nitrogen and oxygen atoms in total. The summed E-state index contributed by atoms with van der Waals surface area (Å²) in [6.45, 7) is -0.382. The van der Waals surface area contributed by atoms with E-state index >= 15 is 0 Å². The van der Waals surface area contributed by atoms with E-state index in [1.54, 1.807) is 11.3 Å².